The van der Waals surface area contributed by atoms with E-state index in [1.807, 2.05) is 0 Å². The molecule has 3 N–H and O–H groups in total. The van der Waals surface area contributed by atoms with Crippen LogP contribution in [-0.4, -0.2) is 25.3 Å². The Morgan fingerprint density at radius 1 is 1.50 bits per heavy atom. The van der Waals surface area contributed by atoms with Gasteiger partial charge in [-0.05, 0) is 0 Å². The number of nitrogens with one attached hydrogen (secondary N) is 1. The second-order valence-electron chi connectivity index (χ2n) is 2.89. The fourth-order valence-corrected chi connectivity index (χ4v) is 1.67. The molecule has 0 unspecified atom stereocenters. The van der Waals surface area contributed by atoms with E-state index in [-0.39, 0.29) is 6.10 Å². The van der Waals surface area contributed by atoms with E-state index in [0.29, 0.717) is 11.8 Å². The Bertz CT molecular complexity index is 161. The highest BCUT2D eigenvalue weighted by Crippen LogP contribution is 2.44. The fourth-order valence-electron chi connectivity index (χ4n) is 1.67. The molecule has 1 aliphatic heterocycles. The van der Waals surface area contributed by atoms with Crippen LogP contribution in [0.4, 0.5) is 4.79 Å². The average Bonchev–Trinajstić information content (AvgIpc) is 2.40. The number of fused-ring (bicyclic) bond motifs is 1. The fraction of sp³-hybridized carbons (Fsp3) is 0.833. The van der Waals surface area contributed by atoms with Crippen molar-refractivity contribution in [3.8, 4) is 0 Å². The molecule has 0 aromatic carbocycles. The van der Waals surface area contributed by atoms with Crippen molar-refractivity contribution in [3.05, 3.63) is 0 Å². The van der Waals surface area contributed by atoms with Crippen molar-refractivity contribution in [3.63, 3.8) is 0 Å². The van der Waals surface area contributed by atoms with E-state index in [1.165, 1.54) is 0 Å². The summed E-state index contributed by atoms with van der Waals surface area (Å²) < 4.78 is 4.83. The molecule has 0 radical (unpaired) electrons. The Hall–Kier alpha value is -0.770. The van der Waals surface area contributed by atoms with Gasteiger partial charge in [0.25, 0.3) is 0 Å². The van der Waals surface area contributed by atoms with Gasteiger partial charge in [0.15, 0.2) is 0 Å². The number of carbonyl (C=O) groups is 1. The Balaban J connectivity index is 1.84. The van der Waals surface area contributed by atoms with Gasteiger partial charge in [0.1, 0.15) is 6.10 Å². The van der Waals surface area contributed by atoms with Crippen LogP contribution >= 0.6 is 0 Å². The Labute approximate surface area is 58.7 Å². The summed E-state index contributed by atoms with van der Waals surface area (Å²) in [5, 5.41) is 3.19. The molecule has 2 rings (SSSR count). The maximum atomic E-state index is 10.3. The van der Waals surface area contributed by atoms with Crippen molar-refractivity contribution in [1.82, 2.24) is 5.32 Å². The highest BCUT2D eigenvalue weighted by molar-refractivity contribution is 5.65. The van der Waals surface area contributed by atoms with Gasteiger partial charge in [-0.1, -0.05) is 0 Å². The molecule has 2 fully saturated rings. The van der Waals surface area contributed by atoms with Gasteiger partial charge < -0.3 is 15.8 Å². The number of carbonyl (C=O) groups excluding carboxylic acids is 1. The molecule has 1 saturated heterocycles. The first-order valence-electron chi connectivity index (χ1n) is 3.46. The third-order valence-corrected chi connectivity index (χ3v) is 2.27. The summed E-state index contributed by atoms with van der Waals surface area (Å²) in [7, 11) is 0. The molecule has 10 heavy (non-hydrogen) atoms. The molecule has 1 heterocycles. The van der Waals surface area contributed by atoms with Crippen molar-refractivity contribution < 1.29 is 9.53 Å². The summed E-state index contributed by atoms with van der Waals surface area (Å²) >= 11 is 0. The van der Waals surface area contributed by atoms with Crippen LogP contribution in [-0.2, 0) is 4.74 Å². The number of hydrogen-bond acceptors (Lipinski definition) is 3. The zero-order valence-electron chi connectivity index (χ0n) is 5.54. The predicted octanol–water partition coefficient (Wildman–Crippen LogP) is -0.701. The highest BCUT2D eigenvalue weighted by Gasteiger charge is 2.55. The van der Waals surface area contributed by atoms with Gasteiger partial charge in [-0.25, -0.2) is 4.79 Å². The first kappa shape index (κ1) is 5.97. The lowest BCUT2D eigenvalue weighted by atomic mass is 10.4. The zero-order chi connectivity index (χ0) is 7.14. The van der Waals surface area contributed by atoms with Crippen molar-refractivity contribution in [2.45, 2.75) is 6.10 Å². The van der Waals surface area contributed by atoms with Gasteiger partial charge in [-0.15, -0.1) is 0 Å². The van der Waals surface area contributed by atoms with Crippen molar-refractivity contribution in [1.29, 1.82) is 0 Å². The molecule has 0 aromatic heterocycles. The topological polar surface area (TPSA) is 64.4 Å². The summed E-state index contributed by atoms with van der Waals surface area (Å²) in [6, 6.07) is 0. The molecule has 4 heteroatoms. The molecule has 0 aromatic rings. The first-order valence-corrected chi connectivity index (χ1v) is 3.46. The predicted molar refractivity (Wildman–Crippen MR) is 34.3 cm³/mol. The second kappa shape index (κ2) is 1.85. The Morgan fingerprint density at radius 2 is 2.10 bits per heavy atom. The molecular weight excluding hydrogens is 132 g/mol. The molecule has 56 valence electrons. The van der Waals surface area contributed by atoms with Gasteiger partial charge in [0, 0.05) is 24.9 Å². The lowest BCUT2D eigenvalue weighted by Crippen LogP contribution is -2.23. The van der Waals surface area contributed by atoms with Crippen molar-refractivity contribution in [2.24, 2.45) is 17.6 Å². The summed E-state index contributed by atoms with van der Waals surface area (Å²) in [5.74, 6) is 1.10. The van der Waals surface area contributed by atoms with E-state index in [0.717, 1.165) is 13.1 Å². The van der Waals surface area contributed by atoms with E-state index in [2.05, 4.69) is 5.32 Å². The molecule has 3 atom stereocenters. The lowest BCUT2D eigenvalue weighted by Gasteiger charge is -2.02. The molecule has 2 aliphatic rings. The first-order chi connectivity index (χ1) is 4.79. The van der Waals surface area contributed by atoms with Crippen LogP contribution < -0.4 is 11.1 Å². The quantitative estimate of drug-likeness (QED) is 0.508. The van der Waals surface area contributed by atoms with E-state index < -0.39 is 6.09 Å². The molecule has 4 nitrogen and oxygen atoms in total. The number of rotatable bonds is 1. The molecule has 1 amide bonds. The minimum absolute atomic E-state index is 0.124. The third kappa shape index (κ3) is 0.759. The molecule has 1 saturated carbocycles. The van der Waals surface area contributed by atoms with E-state index >= 15 is 0 Å². The van der Waals surface area contributed by atoms with Crippen LogP contribution in [0.1, 0.15) is 0 Å². The smallest absolute Gasteiger partial charge is 0.404 e. The zero-order valence-corrected chi connectivity index (χ0v) is 5.54. The number of primary amides is 1. The second-order valence-corrected chi connectivity index (χ2v) is 2.89. The van der Waals surface area contributed by atoms with Crippen LogP contribution in [0.2, 0.25) is 0 Å². The van der Waals surface area contributed by atoms with Gasteiger partial charge in [0.2, 0.25) is 0 Å². The van der Waals surface area contributed by atoms with Crippen LogP contribution in [0, 0.1) is 11.8 Å². The van der Waals surface area contributed by atoms with E-state index in [4.69, 9.17) is 10.5 Å². The largest absolute Gasteiger partial charge is 0.446 e. The minimum atomic E-state index is -0.639. The maximum absolute atomic E-state index is 10.3. The number of ether oxygens (including phenoxy) is 1. The molecule has 0 bridgehead atoms. The van der Waals surface area contributed by atoms with Crippen LogP contribution in [0.3, 0.4) is 0 Å². The van der Waals surface area contributed by atoms with Crippen LogP contribution in [0.5, 0.6) is 0 Å². The third-order valence-electron chi connectivity index (χ3n) is 2.27. The van der Waals surface area contributed by atoms with Crippen LogP contribution in [0.25, 0.3) is 0 Å². The monoisotopic (exact) mass is 142 g/mol. The lowest BCUT2D eigenvalue weighted by molar-refractivity contribution is 0.136. The SMILES string of the molecule is NC(=O)O[C@@H]1[C@@H]2CNC[C@@H]21. The van der Waals surface area contributed by atoms with Gasteiger partial charge in [-0.2, -0.15) is 0 Å². The number of amides is 1. The normalized spacial score (nSPS) is 42.6. The summed E-state index contributed by atoms with van der Waals surface area (Å²) in [5.41, 5.74) is 4.86. The van der Waals surface area contributed by atoms with E-state index in [1.54, 1.807) is 0 Å². The van der Waals surface area contributed by atoms with Crippen LogP contribution in [0.15, 0.2) is 0 Å². The van der Waals surface area contributed by atoms with Gasteiger partial charge in [-0.3, -0.25) is 0 Å². The van der Waals surface area contributed by atoms with Gasteiger partial charge >= 0.3 is 6.09 Å². The highest BCUT2D eigenvalue weighted by atomic mass is 16.6. The van der Waals surface area contributed by atoms with E-state index in [9.17, 15) is 4.79 Å². The average molecular weight is 142 g/mol. The summed E-state index contributed by atoms with van der Waals surface area (Å²) in [6.07, 6.45) is -0.516. The molecule has 1 aliphatic carbocycles. The summed E-state index contributed by atoms with van der Waals surface area (Å²) in [4.78, 5) is 10.3. The molecule has 0 spiro atoms. The van der Waals surface area contributed by atoms with Crippen molar-refractivity contribution >= 4 is 6.09 Å². The summed E-state index contributed by atoms with van der Waals surface area (Å²) in [6.45, 7) is 1.95. The number of hydrogen-bond donors (Lipinski definition) is 2. The Morgan fingerprint density at radius 3 is 2.60 bits per heavy atom. The minimum Gasteiger partial charge on any atom is -0.446 e. The Kier molecular flexibility index (Phi) is 1.11. The number of piperidine rings is 1. The van der Waals surface area contributed by atoms with Crippen molar-refractivity contribution in [2.75, 3.05) is 13.1 Å². The maximum Gasteiger partial charge on any atom is 0.404 e. The molecular formula is C6H10N2O2. The number of nitrogens with two attached hydrogens (primary N) is 1. The van der Waals surface area contributed by atoms with Gasteiger partial charge in [0.05, 0.1) is 0 Å². The standard InChI is InChI=1S/C6H10N2O2/c7-6(9)10-5-3-1-8-2-4(3)5/h3-5,8H,1-2H2,(H2,7,9)/t3-,4+,5-.